The van der Waals surface area contributed by atoms with Crippen molar-refractivity contribution in [3.8, 4) is 0 Å². The molecule has 1 unspecified atom stereocenters. The number of benzene rings is 2. The highest BCUT2D eigenvalue weighted by Gasteiger charge is 2.49. The molecule has 1 aliphatic heterocycles. The molecule has 5 nitrogen and oxygen atoms in total. The van der Waals surface area contributed by atoms with Gasteiger partial charge < -0.3 is 0 Å². The Hall–Kier alpha value is -1.93. The number of nitrogens with zero attached hydrogens (tertiary/aromatic N) is 4. The number of para-hydroxylation sites is 1. The van der Waals surface area contributed by atoms with Crippen molar-refractivity contribution in [1.29, 1.82) is 0 Å². The Labute approximate surface area is 162 Å². The molecule has 3 aromatic rings. The number of hydrogen-bond acceptors (Lipinski definition) is 6. The van der Waals surface area contributed by atoms with Crippen molar-refractivity contribution in [3.63, 3.8) is 0 Å². The fourth-order valence-corrected chi connectivity index (χ4v) is 3.75. The molecule has 0 aliphatic carbocycles. The summed E-state index contributed by atoms with van der Waals surface area (Å²) in [5, 5.41) is 9.29. The lowest BCUT2D eigenvalue weighted by molar-refractivity contribution is 0.144. The predicted molar refractivity (Wildman–Crippen MR) is 109 cm³/mol. The zero-order valence-corrected chi connectivity index (χ0v) is 16.6. The van der Waals surface area contributed by atoms with Crippen molar-refractivity contribution in [2.45, 2.75) is 12.6 Å². The zero-order valence-electron chi connectivity index (χ0n) is 14.0. The number of hydrogen-bond donors (Lipinski definition) is 1. The van der Waals surface area contributed by atoms with Gasteiger partial charge in [0.25, 0.3) is 0 Å². The highest BCUT2D eigenvalue weighted by atomic mass is 79.9. The van der Waals surface area contributed by atoms with Crippen molar-refractivity contribution >= 4 is 39.1 Å². The molecule has 4 rings (SSSR count). The summed E-state index contributed by atoms with van der Waals surface area (Å²) in [6.45, 7) is 2.19. The van der Waals surface area contributed by atoms with E-state index in [1.54, 1.807) is 11.3 Å². The lowest BCUT2D eigenvalue weighted by atomic mass is 10.0. The highest BCUT2D eigenvalue weighted by Crippen LogP contribution is 2.41. The van der Waals surface area contributed by atoms with Gasteiger partial charge in [0.2, 0.25) is 5.13 Å². The Balaban J connectivity index is 0.00000182. The molecular formula is C18H20BrN5S. The lowest BCUT2D eigenvalue weighted by Crippen LogP contribution is -2.50. The second-order valence-electron chi connectivity index (χ2n) is 5.82. The van der Waals surface area contributed by atoms with E-state index in [0.717, 1.165) is 10.8 Å². The van der Waals surface area contributed by atoms with Crippen LogP contribution >= 0.6 is 28.3 Å². The van der Waals surface area contributed by atoms with E-state index in [9.17, 15) is 0 Å². The third-order valence-electron chi connectivity index (χ3n) is 4.43. The van der Waals surface area contributed by atoms with Crippen LogP contribution in [0.2, 0.25) is 0 Å². The Kier molecular flexibility index (Phi) is 5.10. The van der Waals surface area contributed by atoms with E-state index in [1.165, 1.54) is 5.56 Å². The molecule has 0 radical (unpaired) electrons. The number of nitrogens with one attached hydrogen (secondary N) is 1. The fraction of sp³-hybridized carbons (Fsp3) is 0.167. The van der Waals surface area contributed by atoms with Gasteiger partial charge in [-0.05, 0) is 24.6 Å². The minimum absolute atomic E-state index is 0. The van der Waals surface area contributed by atoms with E-state index >= 15 is 0 Å². The van der Waals surface area contributed by atoms with Gasteiger partial charge in [-0.15, -0.1) is 33.9 Å². The van der Waals surface area contributed by atoms with Crippen molar-refractivity contribution in [2.24, 2.45) is 0 Å². The molecule has 0 bridgehead atoms. The quantitative estimate of drug-likeness (QED) is 0.690. The number of thiazole rings is 1. The molecule has 1 saturated heterocycles. The van der Waals surface area contributed by atoms with Gasteiger partial charge in [-0.3, -0.25) is 0 Å². The minimum atomic E-state index is -0.408. The Morgan fingerprint density at radius 2 is 1.64 bits per heavy atom. The third-order valence-corrected chi connectivity index (χ3v) is 5.18. The van der Waals surface area contributed by atoms with Gasteiger partial charge in [-0.1, -0.05) is 48.5 Å². The molecule has 1 fully saturated rings. The van der Waals surface area contributed by atoms with Crippen molar-refractivity contribution < 1.29 is 0 Å². The number of aromatic nitrogens is 1. The minimum Gasteiger partial charge on any atom is -0.227 e. The van der Waals surface area contributed by atoms with E-state index in [1.807, 2.05) is 41.0 Å². The Morgan fingerprint density at radius 3 is 2.24 bits per heavy atom. The third kappa shape index (κ3) is 2.93. The number of halogens is 1. The normalized spacial score (nSPS) is 20.6. The highest BCUT2D eigenvalue weighted by molar-refractivity contribution is 8.93. The molecule has 0 amide bonds. The lowest BCUT2D eigenvalue weighted by Gasteiger charge is -2.39. The van der Waals surface area contributed by atoms with Gasteiger partial charge in [0.15, 0.2) is 5.66 Å². The molecular weight excluding hydrogens is 398 g/mol. The maximum absolute atomic E-state index is 4.57. The Morgan fingerprint density at radius 1 is 1.00 bits per heavy atom. The van der Waals surface area contributed by atoms with E-state index < -0.39 is 5.66 Å². The SMILES string of the molecule is Br.CN1NN(c2ccccc2)N(c2nccs2)C1(C)c1ccccc1. The average molecular weight is 418 g/mol. The molecule has 2 aromatic carbocycles. The first kappa shape index (κ1) is 17.9. The summed E-state index contributed by atoms with van der Waals surface area (Å²) >= 11 is 1.62. The summed E-state index contributed by atoms with van der Waals surface area (Å²) in [6, 6.07) is 20.7. The van der Waals surface area contributed by atoms with E-state index in [2.05, 4.69) is 70.9 Å². The standard InChI is InChI=1S/C18H19N5S.BrH/c1-18(15-9-5-3-6-10-15)21(2)20-23(16-11-7-4-8-12-16)22(18)17-19-13-14-24-17;/h3-14,20H,1-2H3;1H. The average Bonchev–Trinajstić information content (AvgIpc) is 3.24. The molecule has 0 spiro atoms. The first-order valence-corrected chi connectivity index (χ1v) is 8.69. The summed E-state index contributed by atoms with van der Waals surface area (Å²) in [5.41, 5.74) is 5.29. The van der Waals surface area contributed by atoms with Crippen LogP contribution in [0, 0.1) is 0 Å². The molecule has 7 heteroatoms. The van der Waals surface area contributed by atoms with Crippen LogP contribution in [-0.4, -0.2) is 17.0 Å². The van der Waals surface area contributed by atoms with Gasteiger partial charge in [0.05, 0.1) is 5.69 Å². The number of anilines is 2. The van der Waals surface area contributed by atoms with Crippen LogP contribution in [0.4, 0.5) is 10.8 Å². The van der Waals surface area contributed by atoms with Crippen LogP contribution in [0.3, 0.4) is 0 Å². The molecule has 1 aromatic heterocycles. The van der Waals surface area contributed by atoms with Crippen LogP contribution in [-0.2, 0) is 5.66 Å². The molecule has 1 N–H and O–H groups in total. The van der Waals surface area contributed by atoms with Crippen molar-refractivity contribution in [3.05, 3.63) is 77.8 Å². The topological polar surface area (TPSA) is 34.6 Å². The molecule has 25 heavy (non-hydrogen) atoms. The maximum atomic E-state index is 4.57. The van der Waals surface area contributed by atoms with Crippen molar-refractivity contribution in [2.75, 3.05) is 17.2 Å². The fourth-order valence-electron chi connectivity index (χ4n) is 3.03. The second-order valence-corrected chi connectivity index (χ2v) is 6.69. The second kappa shape index (κ2) is 7.13. The monoisotopic (exact) mass is 417 g/mol. The number of rotatable bonds is 3. The summed E-state index contributed by atoms with van der Waals surface area (Å²) in [4.78, 5) is 4.57. The van der Waals surface area contributed by atoms with Crippen LogP contribution in [0.25, 0.3) is 0 Å². The molecule has 0 saturated carbocycles. The predicted octanol–water partition coefficient (Wildman–Crippen LogP) is 4.19. The van der Waals surface area contributed by atoms with Gasteiger partial charge in [-0.2, -0.15) is 10.1 Å². The summed E-state index contributed by atoms with van der Waals surface area (Å²) < 4.78 is 0. The summed E-state index contributed by atoms with van der Waals surface area (Å²) in [6.07, 6.45) is 1.84. The van der Waals surface area contributed by atoms with Crippen LogP contribution in [0.5, 0.6) is 0 Å². The first-order valence-electron chi connectivity index (χ1n) is 7.82. The molecule has 130 valence electrons. The number of hydrazine groups is 3. The summed E-state index contributed by atoms with van der Waals surface area (Å²) in [7, 11) is 2.05. The first-order chi connectivity index (χ1) is 11.7. The molecule has 2 heterocycles. The van der Waals surface area contributed by atoms with Gasteiger partial charge in [-0.25, -0.2) is 9.99 Å². The smallest absolute Gasteiger partial charge is 0.207 e. The maximum Gasteiger partial charge on any atom is 0.207 e. The van der Waals surface area contributed by atoms with Crippen LogP contribution < -0.4 is 15.7 Å². The van der Waals surface area contributed by atoms with Gasteiger partial charge >= 0.3 is 0 Å². The molecule has 1 atom stereocenters. The summed E-state index contributed by atoms with van der Waals surface area (Å²) in [5.74, 6) is 0. The Bertz CT molecular complexity index is 799. The van der Waals surface area contributed by atoms with E-state index in [-0.39, 0.29) is 17.0 Å². The zero-order chi connectivity index (χ0) is 16.6. The van der Waals surface area contributed by atoms with Crippen LogP contribution in [0.1, 0.15) is 12.5 Å². The van der Waals surface area contributed by atoms with Gasteiger partial charge in [0.1, 0.15) is 0 Å². The van der Waals surface area contributed by atoms with E-state index in [4.69, 9.17) is 0 Å². The van der Waals surface area contributed by atoms with Crippen molar-refractivity contribution in [1.82, 2.24) is 15.5 Å². The largest absolute Gasteiger partial charge is 0.227 e. The van der Waals surface area contributed by atoms with Crippen LogP contribution in [0.15, 0.2) is 72.2 Å². The van der Waals surface area contributed by atoms with Gasteiger partial charge in [0, 0.05) is 18.6 Å². The molecule has 1 aliphatic rings. The van der Waals surface area contributed by atoms with E-state index in [0.29, 0.717) is 0 Å².